The monoisotopic (exact) mass is 360 g/mol. The second-order valence-electron chi connectivity index (χ2n) is 6.19. The first kappa shape index (κ1) is 18.1. The summed E-state index contributed by atoms with van der Waals surface area (Å²) in [5, 5.41) is 4.12. The highest BCUT2D eigenvalue weighted by molar-refractivity contribution is 6.05. The van der Waals surface area contributed by atoms with Gasteiger partial charge in [0.2, 0.25) is 5.91 Å². The van der Waals surface area contributed by atoms with Crippen LogP contribution in [-0.4, -0.2) is 52.7 Å². The number of aromatic nitrogens is 2. The maximum atomic E-state index is 13.4. The van der Waals surface area contributed by atoms with Crippen molar-refractivity contribution < 1.29 is 18.7 Å². The minimum atomic E-state index is -0.549. The van der Waals surface area contributed by atoms with Gasteiger partial charge < -0.3 is 15.4 Å². The van der Waals surface area contributed by atoms with E-state index in [0.717, 1.165) is 6.42 Å². The van der Waals surface area contributed by atoms with Crippen molar-refractivity contribution in [2.75, 3.05) is 26.0 Å². The van der Waals surface area contributed by atoms with E-state index in [-0.39, 0.29) is 29.5 Å². The summed E-state index contributed by atoms with van der Waals surface area (Å²) in [6.07, 6.45) is 2.95. The predicted molar refractivity (Wildman–Crippen MR) is 93.5 cm³/mol. The van der Waals surface area contributed by atoms with Gasteiger partial charge in [-0.15, -0.1) is 0 Å². The molecule has 1 aromatic carbocycles. The number of likely N-dealkylation sites (tertiary alicyclic amines) is 1. The maximum Gasteiger partial charge on any atom is 0.225 e. The first-order valence-electron chi connectivity index (χ1n) is 8.45. The van der Waals surface area contributed by atoms with E-state index < -0.39 is 11.9 Å². The summed E-state index contributed by atoms with van der Waals surface area (Å²) < 4.78 is 19.7. The van der Waals surface area contributed by atoms with E-state index in [1.54, 1.807) is 17.0 Å². The van der Waals surface area contributed by atoms with Crippen LogP contribution in [0.2, 0.25) is 0 Å². The van der Waals surface area contributed by atoms with Gasteiger partial charge in [0.1, 0.15) is 11.6 Å². The topological polar surface area (TPSA) is 90.5 Å². The van der Waals surface area contributed by atoms with Crippen LogP contribution < -0.4 is 5.73 Å². The molecule has 26 heavy (non-hydrogen) atoms. The van der Waals surface area contributed by atoms with Gasteiger partial charge in [0.25, 0.3) is 0 Å². The van der Waals surface area contributed by atoms with E-state index in [1.165, 1.54) is 30.1 Å². The van der Waals surface area contributed by atoms with Crippen LogP contribution in [0.1, 0.15) is 29.6 Å². The highest BCUT2D eigenvalue weighted by Gasteiger charge is 2.35. The second-order valence-corrected chi connectivity index (χ2v) is 6.19. The number of Topliss-reactive ketones (excluding diaryl/α,β-unsaturated/α-hetero) is 1. The Morgan fingerprint density at radius 2 is 2.23 bits per heavy atom. The molecule has 2 N–H and O–H groups in total. The zero-order chi connectivity index (χ0) is 18.7. The Bertz CT molecular complexity index is 821. The summed E-state index contributed by atoms with van der Waals surface area (Å²) in [5.41, 5.74) is 6.76. The van der Waals surface area contributed by atoms with Crippen LogP contribution >= 0.6 is 0 Å². The van der Waals surface area contributed by atoms with Crippen molar-refractivity contribution in [1.29, 1.82) is 0 Å². The van der Waals surface area contributed by atoms with Crippen LogP contribution in [0, 0.1) is 5.82 Å². The Morgan fingerprint density at radius 1 is 1.42 bits per heavy atom. The fourth-order valence-corrected chi connectivity index (χ4v) is 3.21. The van der Waals surface area contributed by atoms with Crippen LogP contribution in [0.4, 0.5) is 10.2 Å². The van der Waals surface area contributed by atoms with E-state index >= 15 is 0 Å². The lowest BCUT2D eigenvalue weighted by atomic mass is 10.0. The van der Waals surface area contributed by atoms with Gasteiger partial charge in [-0.25, -0.2) is 9.07 Å². The molecular formula is C18H21FN4O3. The summed E-state index contributed by atoms with van der Waals surface area (Å²) >= 11 is 0. The van der Waals surface area contributed by atoms with E-state index in [2.05, 4.69) is 5.10 Å². The Balaban J connectivity index is 1.83. The number of amides is 1. The molecule has 2 aromatic rings. The highest BCUT2D eigenvalue weighted by Crippen LogP contribution is 2.26. The molecule has 1 saturated heterocycles. The third-order valence-electron chi connectivity index (χ3n) is 4.52. The van der Waals surface area contributed by atoms with Gasteiger partial charge in [-0.3, -0.25) is 9.59 Å². The predicted octanol–water partition coefficient (Wildman–Crippen LogP) is 1.80. The average Bonchev–Trinajstić information content (AvgIpc) is 3.26. The van der Waals surface area contributed by atoms with Crippen molar-refractivity contribution in [2.45, 2.75) is 25.3 Å². The minimum Gasteiger partial charge on any atom is -0.384 e. The van der Waals surface area contributed by atoms with Crippen molar-refractivity contribution in [1.82, 2.24) is 14.7 Å². The Morgan fingerprint density at radius 3 is 2.96 bits per heavy atom. The number of hydrogen-bond donors (Lipinski definition) is 1. The second kappa shape index (κ2) is 7.65. The first-order chi connectivity index (χ1) is 12.5. The SMILES string of the molecule is COCCC(=O)N1CCC[C@H]1C(=O)c1cnn(-c2cccc(F)c2)c1N. The number of carbonyl (C=O) groups is 2. The van der Waals surface area contributed by atoms with Gasteiger partial charge in [0.05, 0.1) is 36.5 Å². The molecule has 0 aliphatic carbocycles. The molecule has 8 heteroatoms. The van der Waals surface area contributed by atoms with Crippen LogP contribution in [0.15, 0.2) is 30.5 Å². The number of methoxy groups -OCH3 is 1. The molecule has 1 amide bonds. The van der Waals surface area contributed by atoms with Gasteiger partial charge in [-0.2, -0.15) is 5.10 Å². The highest BCUT2D eigenvalue weighted by atomic mass is 19.1. The number of nitrogens with zero attached hydrogens (tertiary/aromatic N) is 3. The number of carbonyl (C=O) groups excluding carboxylic acids is 2. The van der Waals surface area contributed by atoms with Gasteiger partial charge in [-0.1, -0.05) is 6.07 Å². The van der Waals surface area contributed by atoms with Crippen molar-refractivity contribution in [3.63, 3.8) is 0 Å². The van der Waals surface area contributed by atoms with Crippen LogP contribution in [0.3, 0.4) is 0 Å². The number of ketones is 1. The lowest BCUT2D eigenvalue weighted by Gasteiger charge is -2.23. The molecule has 0 saturated carbocycles. The number of nitrogens with two attached hydrogens (primary N) is 1. The van der Waals surface area contributed by atoms with Crippen molar-refractivity contribution in [2.24, 2.45) is 0 Å². The molecule has 7 nitrogen and oxygen atoms in total. The maximum absolute atomic E-state index is 13.4. The Hall–Kier alpha value is -2.74. The molecule has 0 unspecified atom stereocenters. The molecule has 1 aliphatic heterocycles. The van der Waals surface area contributed by atoms with E-state index in [4.69, 9.17) is 10.5 Å². The smallest absolute Gasteiger partial charge is 0.225 e. The van der Waals surface area contributed by atoms with E-state index in [0.29, 0.717) is 25.3 Å². The standard InChI is InChI=1S/C18H21FN4O3/c1-26-9-7-16(24)22-8-3-6-15(22)17(25)14-11-21-23(18(14)20)13-5-2-4-12(19)10-13/h2,4-5,10-11,15H,3,6-9,20H2,1H3/t15-/m0/s1. The molecule has 1 fully saturated rings. The van der Waals surface area contributed by atoms with Gasteiger partial charge in [0, 0.05) is 13.7 Å². The first-order valence-corrected chi connectivity index (χ1v) is 8.45. The van der Waals surface area contributed by atoms with Crippen LogP contribution in [-0.2, 0) is 9.53 Å². The zero-order valence-corrected chi connectivity index (χ0v) is 14.5. The molecule has 1 aliphatic rings. The fraction of sp³-hybridized carbons (Fsp3) is 0.389. The number of benzene rings is 1. The number of ether oxygens (including phenoxy) is 1. The molecule has 0 spiro atoms. The average molecular weight is 360 g/mol. The van der Waals surface area contributed by atoms with Crippen molar-refractivity contribution in [3.05, 3.63) is 41.8 Å². The summed E-state index contributed by atoms with van der Waals surface area (Å²) in [7, 11) is 1.53. The number of rotatable bonds is 6. The lowest BCUT2D eigenvalue weighted by molar-refractivity contribution is -0.132. The molecule has 0 bridgehead atoms. The Labute approximate surface area is 150 Å². The number of anilines is 1. The third-order valence-corrected chi connectivity index (χ3v) is 4.52. The number of nitrogen functional groups attached to an aromatic ring is 1. The number of halogens is 1. The summed E-state index contributed by atoms with van der Waals surface area (Å²) in [6, 6.07) is 5.24. The third kappa shape index (κ3) is 3.45. The Kier molecular flexibility index (Phi) is 5.32. The number of hydrogen-bond acceptors (Lipinski definition) is 5. The van der Waals surface area contributed by atoms with Crippen molar-refractivity contribution in [3.8, 4) is 5.69 Å². The summed E-state index contributed by atoms with van der Waals surface area (Å²) in [6.45, 7) is 0.854. The van der Waals surface area contributed by atoms with Crippen LogP contribution in [0.5, 0.6) is 0 Å². The van der Waals surface area contributed by atoms with Crippen molar-refractivity contribution >= 4 is 17.5 Å². The van der Waals surface area contributed by atoms with Gasteiger partial charge in [0.15, 0.2) is 5.78 Å². The molecule has 1 atom stereocenters. The molecule has 1 aromatic heterocycles. The quantitative estimate of drug-likeness (QED) is 0.794. The summed E-state index contributed by atoms with van der Waals surface area (Å²) in [4.78, 5) is 26.8. The normalized spacial score (nSPS) is 16.8. The molecule has 0 radical (unpaired) electrons. The van der Waals surface area contributed by atoms with Gasteiger partial charge >= 0.3 is 0 Å². The van der Waals surface area contributed by atoms with E-state index in [9.17, 15) is 14.0 Å². The largest absolute Gasteiger partial charge is 0.384 e. The lowest BCUT2D eigenvalue weighted by Crippen LogP contribution is -2.41. The fourth-order valence-electron chi connectivity index (χ4n) is 3.21. The summed E-state index contributed by atoms with van der Waals surface area (Å²) in [5.74, 6) is -0.639. The molecule has 138 valence electrons. The minimum absolute atomic E-state index is 0.112. The van der Waals surface area contributed by atoms with Gasteiger partial charge in [-0.05, 0) is 31.0 Å². The van der Waals surface area contributed by atoms with Crippen LogP contribution in [0.25, 0.3) is 5.69 Å². The van der Waals surface area contributed by atoms with E-state index in [1.807, 2.05) is 0 Å². The molecule has 3 rings (SSSR count). The molecule has 2 heterocycles. The zero-order valence-electron chi connectivity index (χ0n) is 14.5. The molecular weight excluding hydrogens is 339 g/mol.